The van der Waals surface area contributed by atoms with Gasteiger partial charge in [-0.3, -0.25) is 0 Å². The Morgan fingerprint density at radius 1 is 1.25 bits per heavy atom. The normalized spacial score (nSPS) is 23.6. The second kappa shape index (κ2) is 6.14. The molecule has 2 unspecified atom stereocenters. The summed E-state index contributed by atoms with van der Waals surface area (Å²) in [5.41, 5.74) is 0.858. The van der Waals surface area contributed by atoms with Gasteiger partial charge in [-0.15, -0.1) is 0 Å². The molecule has 0 saturated carbocycles. The minimum atomic E-state index is -3.32. The molecule has 1 aliphatic rings. The Bertz CT molecular complexity index is 568. The Morgan fingerprint density at radius 3 is 2.60 bits per heavy atom. The van der Waals surface area contributed by atoms with Gasteiger partial charge >= 0.3 is 0 Å². The minimum absolute atomic E-state index is 0.120. The summed E-state index contributed by atoms with van der Waals surface area (Å²) >= 11 is 0. The molecule has 0 bridgehead atoms. The molecule has 1 aromatic carbocycles. The summed E-state index contributed by atoms with van der Waals surface area (Å²) in [6.45, 7) is 4.92. The van der Waals surface area contributed by atoms with Crippen molar-refractivity contribution in [2.45, 2.75) is 49.3 Å². The molecular weight excluding hydrogens is 274 g/mol. The van der Waals surface area contributed by atoms with Crippen LogP contribution in [0.25, 0.3) is 0 Å². The predicted octanol–water partition coefficient (Wildman–Crippen LogP) is 2.69. The lowest BCUT2D eigenvalue weighted by Gasteiger charge is -2.19. The largest absolute Gasteiger partial charge is 0.495 e. The lowest BCUT2D eigenvalue weighted by molar-refractivity contribution is 0.401. The molecule has 1 N–H and O–H groups in total. The Kier molecular flexibility index (Phi) is 4.70. The SMILES string of the molecule is CCCNC1c2cccc(OC)c2S(=O)(=O)C1CCC. The van der Waals surface area contributed by atoms with Crippen molar-refractivity contribution in [1.29, 1.82) is 0 Å². The van der Waals surface area contributed by atoms with Crippen molar-refractivity contribution in [2.24, 2.45) is 0 Å². The zero-order valence-corrected chi connectivity index (χ0v) is 13.2. The molecule has 20 heavy (non-hydrogen) atoms. The van der Waals surface area contributed by atoms with Crippen molar-refractivity contribution in [1.82, 2.24) is 5.32 Å². The van der Waals surface area contributed by atoms with Crippen LogP contribution >= 0.6 is 0 Å². The van der Waals surface area contributed by atoms with Gasteiger partial charge in [0, 0.05) is 0 Å². The Morgan fingerprint density at radius 2 is 2.00 bits per heavy atom. The second-order valence-corrected chi connectivity index (χ2v) is 7.29. The third kappa shape index (κ3) is 2.44. The summed E-state index contributed by atoms with van der Waals surface area (Å²) in [5, 5.41) is 3.01. The molecule has 2 atom stereocenters. The van der Waals surface area contributed by atoms with Gasteiger partial charge in [0.1, 0.15) is 10.6 Å². The summed E-state index contributed by atoms with van der Waals surface area (Å²) < 4.78 is 30.9. The van der Waals surface area contributed by atoms with Gasteiger partial charge in [0.2, 0.25) is 0 Å². The first-order chi connectivity index (χ1) is 9.57. The van der Waals surface area contributed by atoms with Gasteiger partial charge in [-0.2, -0.15) is 0 Å². The van der Waals surface area contributed by atoms with Crippen LogP contribution < -0.4 is 10.1 Å². The van der Waals surface area contributed by atoms with Crippen LogP contribution in [0.3, 0.4) is 0 Å². The van der Waals surface area contributed by atoms with Crippen LogP contribution in [-0.2, 0) is 9.84 Å². The van der Waals surface area contributed by atoms with E-state index >= 15 is 0 Å². The fourth-order valence-electron chi connectivity index (χ4n) is 2.92. The first kappa shape index (κ1) is 15.3. The summed E-state index contributed by atoms with van der Waals surface area (Å²) in [6, 6.07) is 5.37. The minimum Gasteiger partial charge on any atom is -0.495 e. The number of fused-ring (bicyclic) bond motifs is 1. The fraction of sp³-hybridized carbons (Fsp3) is 0.600. The van der Waals surface area contributed by atoms with E-state index in [0.29, 0.717) is 17.1 Å². The molecular formula is C15H23NO3S. The molecule has 112 valence electrons. The maximum atomic E-state index is 12.8. The number of hydrogen-bond acceptors (Lipinski definition) is 4. The molecule has 5 heteroatoms. The molecule has 0 saturated heterocycles. The van der Waals surface area contributed by atoms with Crippen LogP contribution in [0, 0.1) is 0 Å². The molecule has 0 fully saturated rings. The van der Waals surface area contributed by atoms with E-state index < -0.39 is 9.84 Å². The third-order valence-corrected chi connectivity index (χ3v) is 6.12. The van der Waals surface area contributed by atoms with Crippen molar-refractivity contribution in [3.8, 4) is 5.75 Å². The van der Waals surface area contributed by atoms with Crippen LogP contribution in [0.2, 0.25) is 0 Å². The molecule has 2 rings (SSSR count). The maximum absolute atomic E-state index is 12.8. The lowest BCUT2D eigenvalue weighted by atomic mass is 10.0. The van der Waals surface area contributed by atoms with E-state index in [1.165, 1.54) is 7.11 Å². The van der Waals surface area contributed by atoms with Crippen LogP contribution in [0.1, 0.15) is 44.7 Å². The number of rotatable bonds is 6. The number of benzene rings is 1. The van der Waals surface area contributed by atoms with E-state index in [4.69, 9.17) is 4.74 Å². The zero-order valence-electron chi connectivity index (χ0n) is 12.3. The average molecular weight is 297 g/mol. The topological polar surface area (TPSA) is 55.4 Å². The fourth-order valence-corrected chi connectivity index (χ4v) is 5.33. The molecule has 1 aliphatic heterocycles. The highest BCUT2D eigenvalue weighted by molar-refractivity contribution is 7.92. The molecule has 0 spiro atoms. The summed E-state index contributed by atoms with van der Waals surface area (Å²) in [4.78, 5) is 0.384. The van der Waals surface area contributed by atoms with Crippen molar-refractivity contribution in [3.05, 3.63) is 23.8 Å². The smallest absolute Gasteiger partial charge is 0.187 e. The average Bonchev–Trinajstić information content (AvgIpc) is 2.66. The van der Waals surface area contributed by atoms with Gasteiger partial charge in [-0.1, -0.05) is 32.4 Å². The molecule has 0 aromatic heterocycles. The monoisotopic (exact) mass is 297 g/mol. The van der Waals surface area contributed by atoms with Gasteiger partial charge in [0.15, 0.2) is 9.84 Å². The van der Waals surface area contributed by atoms with Crippen molar-refractivity contribution in [2.75, 3.05) is 13.7 Å². The maximum Gasteiger partial charge on any atom is 0.187 e. The zero-order chi connectivity index (χ0) is 14.8. The molecule has 0 radical (unpaired) electrons. The van der Waals surface area contributed by atoms with Crippen molar-refractivity contribution in [3.63, 3.8) is 0 Å². The van der Waals surface area contributed by atoms with Crippen LogP contribution in [0.15, 0.2) is 23.1 Å². The first-order valence-electron chi connectivity index (χ1n) is 7.22. The van der Waals surface area contributed by atoms with Gasteiger partial charge in [-0.25, -0.2) is 8.42 Å². The van der Waals surface area contributed by atoms with E-state index in [1.54, 1.807) is 6.07 Å². The molecule has 1 heterocycles. The van der Waals surface area contributed by atoms with Crippen LogP contribution in [-0.4, -0.2) is 27.3 Å². The third-order valence-electron chi connectivity index (χ3n) is 3.81. The van der Waals surface area contributed by atoms with E-state index in [9.17, 15) is 8.42 Å². The van der Waals surface area contributed by atoms with Gasteiger partial charge < -0.3 is 10.1 Å². The van der Waals surface area contributed by atoms with Crippen molar-refractivity contribution >= 4 is 9.84 Å². The van der Waals surface area contributed by atoms with E-state index in [-0.39, 0.29) is 11.3 Å². The predicted molar refractivity (Wildman–Crippen MR) is 79.9 cm³/mol. The van der Waals surface area contributed by atoms with Gasteiger partial charge in [0.05, 0.1) is 18.4 Å². The molecule has 4 nitrogen and oxygen atoms in total. The number of sulfone groups is 1. The van der Waals surface area contributed by atoms with E-state index in [0.717, 1.165) is 24.9 Å². The summed E-state index contributed by atoms with van der Waals surface area (Å²) in [5.74, 6) is 0.462. The first-order valence-corrected chi connectivity index (χ1v) is 8.76. The van der Waals surface area contributed by atoms with Crippen LogP contribution in [0.5, 0.6) is 5.75 Å². The summed E-state index contributed by atoms with van der Waals surface area (Å²) in [7, 11) is -1.80. The second-order valence-electron chi connectivity index (χ2n) is 5.18. The highest BCUT2D eigenvalue weighted by Crippen LogP contribution is 2.45. The lowest BCUT2D eigenvalue weighted by Crippen LogP contribution is -2.32. The molecule has 0 aliphatic carbocycles. The number of ether oxygens (including phenoxy) is 1. The Hall–Kier alpha value is -1.07. The molecule has 1 aromatic rings. The Balaban J connectivity index is 2.53. The van der Waals surface area contributed by atoms with Gasteiger partial charge in [0.25, 0.3) is 0 Å². The summed E-state index contributed by atoms with van der Waals surface area (Å²) in [6.07, 6.45) is 2.50. The number of hydrogen-bond donors (Lipinski definition) is 1. The highest BCUT2D eigenvalue weighted by atomic mass is 32.2. The number of nitrogens with one attached hydrogen (secondary N) is 1. The van der Waals surface area contributed by atoms with E-state index in [1.807, 2.05) is 19.1 Å². The molecule has 0 amide bonds. The number of methoxy groups -OCH3 is 1. The highest BCUT2D eigenvalue weighted by Gasteiger charge is 2.45. The van der Waals surface area contributed by atoms with Crippen LogP contribution in [0.4, 0.5) is 0 Å². The van der Waals surface area contributed by atoms with Crippen molar-refractivity contribution < 1.29 is 13.2 Å². The standard InChI is InChI=1S/C15H23NO3S/c1-4-7-13-14(16-10-5-2)11-8-6-9-12(19-3)15(11)20(13,17)18/h6,8-9,13-14,16H,4-5,7,10H2,1-3H3. The van der Waals surface area contributed by atoms with Gasteiger partial charge in [-0.05, 0) is 31.0 Å². The van der Waals surface area contributed by atoms with E-state index in [2.05, 4.69) is 12.2 Å². The quantitative estimate of drug-likeness (QED) is 0.877. The Labute approximate surface area is 121 Å².